The van der Waals surface area contributed by atoms with Gasteiger partial charge in [-0.3, -0.25) is 14.8 Å². The van der Waals surface area contributed by atoms with E-state index in [9.17, 15) is 4.79 Å². The molecule has 0 spiro atoms. The van der Waals surface area contributed by atoms with Crippen molar-refractivity contribution in [2.75, 3.05) is 0 Å². The highest BCUT2D eigenvalue weighted by atomic mass is 32.1. The molecule has 2 aromatic rings. The van der Waals surface area contributed by atoms with Crippen LogP contribution in [0.1, 0.15) is 15.4 Å². The third-order valence-corrected chi connectivity index (χ3v) is 2.58. The lowest BCUT2D eigenvalue weighted by atomic mass is 10.3. The topological polar surface area (TPSA) is 54.9 Å². The summed E-state index contributed by atoms with van der Waals surface area (Å²) >= 11 is 1.32. The van der Waals surface area contributed by atoms with Crippen molar-refractivity contribution in [2.24, 2.45) is 0 Å². The van der Waals surface area contributed by atoms with Crippen LogP contribution in [0.2, 0.25) is 0 Å². The van der Waals surface area contributed by atoms with Gasteiger partial charge in [0.05, 0.1) is 23.9 Å². The summed E-state index contributed by atoms with van der Waals surface area (Å²) in [5.74, 6) is -0.108. The molecule has 0 radical (unpaired) electrons. The van der Waals surface area contributed by atoms with Crippen LogP contribution in [0.15, 0.2) is 36.1 Å². The first kappa shape index (κ1) is 9.79. The third-order valence-electron chi connectivity index (χ3n) is 1.81. The highest BCUT2D eigenvalue weighted by molar-refractivity contribution is 7.11. The number of rotatable bonds is 3. The summed E-state index contributed by atoms with van der Waals surface area (Å²) in [4.78, 5) is 20.1. The van der Waals surface area contributed by atoms with Gasteiger partial charge in [0, 0.05) is 6.20 Å². The molecule has 0 aliphatic heterocycles. The minimum absolute atomic E-state index is 0.108. The molecule has 0 unspecified atom stereocenters. The van der Waals surface area contributed by atoms with E-state index in [1.165, 1.54) is 11.3 Å². The van der Waals surface area contributed by atoms with E-state index in [4.69, 9.17) is 0 Å². The number of hydrogen-bond acceptors (Lipinski definition) is 4. The van der Waals surface area contributed by atoms with Gasteiger partial charge in [-0.2, -0.15) is 0 Å². The zero-order chi connectivity index (χ0) is 10.5. The summed E-state index contributed by atoms with van der Waals surface area (Å²) in [5, 5.41) is 2.77. The highest BCUT2D eigenvalue weighted by Gasteiger charge is 2.06. The van der Waals surface area contributed by atoms with Gasteiger partial charge in [-0.25, -0.2) is 0 Å². The van der Waals surface area contributed by atoms with Crippen LogP contribution in [0.4, 0.5) is 0 Å². The van der Waals surface area contributed by atoms with Crippen molar-refractivity contribution >= 4 is 17.2 Å². The van der Waals surface area contributed by atoms with Crippen LogP contribution in [0.5, 0.6) is 0 Å². The number of aromatic nitrogens is 2. The van der Waals surface area contributed by atoms with Crippen molar-refractivity contribution in [3.8, 4) is 0 Å². The van der Waals surface area contributed by atoms with E-state index in [-0.39, 0.29) is 5.91 Å². The molecule has 76 valence electrons. The average molecular weight is 219 g/mol. The fraction of sp³-hybridized carbons (Fsp3) is 0.100. The van der Waals surface area contributed by atoms with Crippen molar-refractivity contribution < 1.29 is 4.79 Å². The number of carbonyl (C=O) groups excluding carboxylic acids is 1. The zero-order valence-corrected chi connectivity index (χ0v) is 8.70. The maximum Gasteiger partial charge on any atom is 0.263 e. The molecule has 0 saturated heterocycles. The molecule has 4 nitrogen and oxygen atoms in total. The monoisotopic (exact) mass is 219 g/mol. The minimum Gasteiger partial charge on any atom is -0.346 e. The summed E-state index contributed by atoms with van der Waals surface area (Å²) in [6.07, 6.45) is 3.26. The third kappa shape index (κ3) is 2.60. The number of thiazole rings is 1. The fourth-order valence-electron chi connectivity index (χ4n) is 1.09. The minimum atomic E-state index is -0.108. The SMILES string of the molecule is O=C(NCc1ccccn1)c1cncs1. The lowest BCUT2D eigenvalue weighted by Gasteiger charge is -2.01. The van der Waals surface area contributed by atoms with Gasteiger partial charge < -0.3 is 5.32 Å². The molecule has 0 fully saturated rings. The molecule has 2 rings (SSSR count). The van der Waals surface area contributed by atoms with Crippen molar-refractivity contribution in [3.63, 3.8) is 0 Å². The first-order valence-corrected chi connectivity index (χ1v) is 5.31. The molecular weight excluding hydrogens is 210 g/mol. The van der Waals surface area contributed by atoms with E-state index in [1.807, 2.05) is 18.2 Å². The Balaban J connectivity index is 1.92. The first-order chi connectivity index (χ1) is 7.36. The molecular formula is C10H9N3OS. The van der Waals surface area contributed by atoms with Gasteiger partial charge in [0.1, 0.15) is 4.88 Å². The van der Waals surface area contributed by atoms with Crippen LogP contribution in [0.3, 0.4) is 0 Å². The largest absolute Gasteiger partial charge is 0.346 e. The second-order valence-corrected chi connectivity index (χ2v) is 3.76. The predicted molar refractivity (Wildman–Crippen MR) is 57.5 cm³/mol. The zero-order valence-electron chi connectivity index (χ0n) is 7.88. The van der Waals surface area contributed by atoms with Gasteiger partial charge in [-0.1, -0.05) is 6.07 Å². The molecule has 0 atom stereocenters. The summed E-state index contributed by atoms with van der Waals surface area (Å²) in [6, 6.07) is 5.60. The van der Waals surface area contributed by atoms with Crippen LogP contribution in [-0.2, 0) is 6.54 Å². The van der Waals surface area contributed by atoms with Crippen molar-refractivity contribution in [1.29, 1.82) is 0 Å². The molecule has 0 aromatic carbocycles. The quantitative estimate of drug-likeness (QED) is 0.850. The van der Waals surface area contributed by atoms with Crippen LogP contribution >= 0.6 is 11.3 Å². The van der Waals surface area contributed by atoms with Crippen LogP contribution in [0.25, 0.3) is 0 Å². The molecule has 0 aliphatic carbocycles. The average Bonchev–Trinajstić information content (AvgIpc) is 2.81. The fourth-order valence-corrected chi connectivity index (χ4v) is 1.62. The van der Waals surface area contributed by atoms with Crippen molar-refractivity contribution in [1.82, 2.24) is 15.3 Å². The van der Waals surface area contributed by atoms with E-state index in [1.54, 1.807) is 17.9 Å². The molecule has 2 heterocycles. The standard InChI is InChI=1S/C10H9N3OS/c14-10(9-6-11-7-15-9)13-5-8-3-1-2-4-12-8/h1-4,6-7H,5H2,(H,13,14). The number of amides is 1. The summed E-state index contributed by atoms with van der Waals surface area (Å²) < 4.78 is 0. The second kappa shape index (κ2) is 4.65. The number of carbonyl (C=O) groups is 1. The van der Waals surface area contributed by atoms with Gasteiger partial charge in [-0.05, 0) is 12.1 Å². The van der Waals surface area contributed by atoms with Gasteiger partial charge >= 0.3 is 0 Å². The lowest BCUT2D eigenvalue weighted by molar-refractivity contribution is 0.0954. The Labute approximate surface area is 91.0 Å². The van der Waals surface area contributed by atoms with E-state index >= 15 is 0 Å². The Morgan fingerprint density at radius 1 is 1.47 bits per heavy atom. The van der Waals surface area contributed by atoms with Crippen LogP contribution < -0.4 is 5.32 Å². The number of nitrogens with one attached hydrogen (secondary N) is 1. The molecule has 0 aliphatic rings. The van der Waals surface area contributed by atoms with Crippen molar-refractivity contribution in [2.45, 2.75) is 6.54 Å². The number of hydrogen-bond donors (Lipinski definition) is 1. The molecule has 0 saturated carbocycles. The maximum atomic E-state index is 11.5. The Kier molecular flexibility index (Phi) is 3.04. The Hall–Kier alpha value is -1.75. The summed E-state index contributed by atoms with van der Waals surface area (Å²) in [5.41, 5.74) is 2.48. The van der Waals surface area contributed by atoms with Crippen LogP contribution in [0, 0.1) is 0 Å². The van der Waals surface area contributed by atoms with Gasteiger partial charge in [0.15, 0.2) is 0 Å². The molecule has 0 bridgehead atoms. The van der Waals surface area contributed by atoms with Crippen molar-refractivity contribution in [3.05, 3.63) is 46.7 Å². The lowest BCUT2D eigenvalue weighted by Crippen LogP contribution is -2.22. The Bertz CT molecular complexity index is 427. The van der Waals surface area contributed by atoms with E-state index < -0.39 is 0 Å². The second-order valence-electron chi connectivity index (χ2n) is 2.87. The van der Waals surface area contributed by atoms with Crippen LogP contribution in [-0.4, -0.2) is 15.9 Å². The summed E-state index contributed by atoms with van der Waals surface area (Å²) in [7, 11) is 0. The van der Waals surface area contributed by atoms with Gasteiger partial charge in [0.2, 0.25) is 0 Å². The van der Waals surface area contributed by atoms with Gasteiger partial charge in [0.25, 0.3) is 5.91 Å². The maximum absolute atomic E-state index is 11.5. The predicted octanol–water partition coefficient (Wildman–Crippen LogP) is 1.47. The molecule has 15 heavy (non-hydrogen) atoms. The normalized spacial score (nSPS) is 9.87. The summed E-state index contributed by atoms with van der Waals surface area (Å²) in [6.45, 7) is 0.442. The van der Waals surface area contributed by atoms with E-state index in [0.29, 0.717) is 11.4 Å². The Morgan fingerprint density at radius 3 is 3.07 bits per heavy atom. The highest BCUT2D eigenvalue weighted by Crippen LogP contribution is 2.04. The number of pyridine rings is 1. The number of nitrogens with zero attached hydrogens (tertiary/aromatic N) is 2. The smallest absolute Gasteiger partial charge is 0.263 e. The van der Waals surface area contributed by atoms with E-state index in [2.05, 4.69) is 15.3 Å². The molecule has 2 aromatic heterocycles. The van der Waals surface area contributed by atoms with Gasteiger partial charge in [-0.15, -0.1) is 11.3 Å². The van der Waals surface area contributed by atoms with E-state index in [0.717, 1.165) is 5.69 Å². The first-order valence-electron chi connectivity index (χ1n) is 4.43. The molecule has 5 heteroatoms. The Morgan fingerprint density at radius 2 is 2.40 bits per heavy atom. The molecule has 1 N–H and O–H groups in total. The molecule has 1 amide bonds.